The van der Waals surface area contributed by atoms with Gasteiger partial charge in [-0.05, 0) is 37.3 Å². The molecule has 17 heavy (non-hydrogen) atoms. The van der Waals surface area contributed by atoms with E-state index in [4.69, 9.17) is 0 Å². The van der Waals surface area contributed by atoms with Crippen molar-refractivity contribution >= 4 is 0 Å². The molecule has 94 valence electrons. The largest absolute Gasteiger partial charge is 0.391 e. The third-order valence-electron chi connectivity index (χ3n) is 3.60. The number of rotatable bonds is 6. The van der Waals surface area contributed by atoms with Gasteiger partial charge < -0.3 is 10.4 Å². The fourth-order valence-electron chi connectivity index (χ4n) is 2.63. The van der Waals surface area contributed by atoms with Crippen molar-refractivity contribution in [2.45, 2.75) is 38.2 Å². The second kappa shape index (κ2) is 6.77. The van der Waals surface area contributed by atoms with Gasteiger partial charge in [-0.15, -0.1) is 0 Å². The van der Waals surface area contributed by atoms with Crippen LogP contribution in [0.3, 0.4) is 0 Å². The third kappa shape index (κ3) is 4.49. The third-order valence-corrected chi connectivity index (χ3v) is 3.60. The molecule has 2 N–H and O–H groups in total. The van der Waals surface area contributed by atoms with Crippen molar-refractivity contribution in [1.82, 2.24) is 5.32 Å². The molecule has 0 amide bonds. The molecule has 1 aliphatic rings. The van der Waals surface area contributed by atoms with Crippen LogP contribution < -0.4 is 5.32 Å². The summed E-state index contributed by atoms with van der Waals surface area (Å²) in [5, 5.41) is 13.3. The highest BCUT2D eigenvalue weighted by Gasteiger charge is 2.14. The molecular formula is C15H23NO. The van der Waals surface area contributed by atoms with Gasteiger partial charge in [0.25, 0.3) is 0 Å². The van der Waals surface area contributed by atoms with Crippen molar-refractivity contribution < 1.29 is 5.11 Å². The van der Waals surface area contributed by atoms with Crippen LogP contribution in [-0.4, -0.2) is 24.3 Å². The lowest BCUT2D eigenvalue weighted by Gasteiger charge is -2.14. The Hall–Kier alpha value is -0.860. The highest BCUT2D eigenvalue weighted by atomic mass is 16.3. The van der Waals surface area contributed by atoms with Gasteiger partial charge in [-0.3, -0.25) is 0 Å². The molecule has 1 aliphatic carbocycles. The van der Waals surface area contributed by atoms with Crippen LogP contribution in [0.4, 0.5) is 0 Å². The van der Waals surface area contributed by atoms with Crippen LogP contribution in [0.5, 0.6) is 0 Å². The van der Waals surface area contributed by atoms with Crippen LogP contribution in [0.25, 0.3) is 0 Å². The van der Waals surface area contributed by atoms with Crippen LogP contribution in [0.1, 0.15) is 31.2 Å². The summed E-state index contributed by atoms with van der Waals surface area (Å²) in [6, 6.07) is 10.2. The van der Waals surface area contributed by atoms with Crippen molar-refractivity contribution in [2.75, 3.05) is 13.1 Å². The number of nitrogens with one attached hydrogen (secondary N) is 1. The first kappa shape index (κ1) is 12.6. The first-order chi connectivity index (χ1) is 8.34. The molecule has 2 nitrogen and oxygen atoms in total. The molecule has 1 saturated carbocycles. The summed E-state index contributed by atoms with van der Waals surface area (Å²) in [6.45, 7) is 1.79. The molecular weight excluding hydrogens is 210 g/mol. The predicted molar refractivity (Wildman–Crippen MR) is 71.0 cm³/mol. The Morgan fingerprint density at radius 2 is 1.88 bits per heavy atom. The second-order valence-electron chi connectivity index (χ2n) is 5.15. The Morgan fingerprint density at radius 3 is 2.59 bits per heavy atom. The Balaban J connectivity index is 1.62. The van der Waals surface area contributed by atoms with Gasteiger partial charge in [0.2, 0.25) is 0 Å². The van der Waals surface area contributed by atoms with Crippen molar-refractivity contribution in [2.24, 2.45) is 5.92 Å². The zero-order valence-corrected chi connectivity index (χ0v) is 10.4. The van der Waals surface area contributed by atoms with Crippen LogP contribution in [-0.2, 0) is 6.42 Å². The van der Waals surface area contributed by atoms with Gasteiger partial charge >= 0.3 is 0 Å². The van der Waals surface area contributed by atoms with E-state index < -0.39 is 0 Å². The van der Waals surface area contributed by atoms with Crippen molar-refractivity contribution in [1.29, 1.82) is 0 Å². The van der Waals surface area contributed by atoms with E-state index in [0.717, 1.165) is 18.9 Å². The van der Waals surface area contributed by atoms with E-state index in [-0.39, 0.29) is 6.10 Å². The van der Waals surface area contributed by atoms with E-state index in [9.17, 15) is 5.11 Å². The Bertz CT molecular complexity index is 306. The maximum atomic E-state index is 9.91. The maximum Gasteiger partial charge on any atom is 0.0704 e. The minimum absolute atomic E-state index is 0.265. The van der Waals surface area contributed by atoms with Gasteiger partial charge in [0.15, 0.2) is 0 Å². The van der Waals surface area contributed by atoms with E-state index in [1.165, 1.54) is 31.2 Å². The zero-order valence-electron chi connectivity index (χ0n) is 10.4. The topological polar surface area (TPSA) is 32.3 Å². The summed E-state index contributed by atoms with van der Waals surface area (Å²) < 4.78 is 0. The molecule has 1 aromatic carbocycles. The molecule has 1 atom stereocenters. The van der Waals surface area contributed by atoms with Crippen molar-refractivity contribution in [3.63, 3.8) is 0 Å². The monoisotopic (exact) mass is 233 g/mol. The molecule has 0 radical (unpaired) electrons. The molecule has 0 aromatic heterocycles. The Kier molecular flexibility index (Phi) is 5.02. The summed E-state index contributed by atoms with van der Waals surface area (Å²) >= 11 is 0. The average molecular weight is 233 g/mol. The SMILES string of the molecule is OC(CNCC1CCCC1)Cc1ccccc1. The second-order valence-corrected chi connectivity index (χ2v) is 5.15. The molecule has 2 rings (SSSR count). The minimum Gasteiger partial charge on any atom is -0.391 e. The van der Waals surface area contributed by atoms with Gasteiger partial charge in [-0.2, -0.15) is 0 Å². The number of aliphatic hydroxyl groups excluding tert-OH is 1. The summed E-state index contributed by atoms with van der Waals surface area (Å²) in [5.41, 5.74) is 1.21. The summed E-state index contributed by atoms with van der Waals surface area (Å²) in [7, 11) is 0. The zero-order chi connectivity index (χ0) is 11.9. The highest BCUT2D eigenvalue weighted by molar-refractivity contribution is 5.15. The normalized spacial score (nSPS) is 18.4. The van der Waals surface area contributed by atoms with Crippen LogP contribution in [0.15, 0.2) is 30.3 Å². The average Bonchev–Trinajstić information content (AvgIpc) is 2.83. The number of benzene rings is 1. The molecule has 0 spiro atoms. The molecule has 0 heterocycles. The first-order valence-corrected chi connectivity index (χ1v) is 6.77. The molecule has 1 unspecified atom stereocenters. The number of hydrogen-bond donors (Lipinski definition) is 2. The molecule has 1 aromatic rings. The first-order valence-electron chi connectivity index (χ1n) is 6.77. The van der Waals surface area contributed by atoms with Gasteiger partial charge in [0.1, 0.15) is 0 Å². The summed E-state index contributed by atoms with van der Waals surface area (Å²) in [5.74, 6) is 0.846. The molecule has 0 saturated heterocycles. The standard InChI is InChI=1S/C15H23NO/c17-15(10-13-6-2-1-3-7-13)12-16-11-14-8-4-5-9-14/h1-3,6-7,14-17H,4-5,8-12H2. The van der Waals surface area contributed by atoms with Gasteiger partial charge in [0.05, 0.1) is 6.10 Å². The maximum absolute atomic E-state index is 9.91. The van der Waals surface area contributed by atoms with E-state index in [1.54, 1.807) is 0 Å². The van der Waals surface area contributed by atoms with Gasteiger partial charge in [0, 0.05) is 6.54 Å². The fraction of sp³-hybridized carbons (Fsp3) is 0.600. The number of aliphatic hydroxyl groups is 1. The molecule has 0 bridgehead atoms. The molecule has 2 heteroatoms. The van der Waals surface area contributed by atoms with Gasteiger partial charge in [-0.1, -0.05) is 43.2 Å². The van der Waals surface area contributed by atoms with E-state index in [2.05, 4.69) is 17.4 Å². The number of hydrogen-bond acceptors (Lipinski definition) is 2. The van der Waals surface area contributed by atoms with Crippen molar-refractivity contribution in [3.05, 3.63) is 35.9 Å². The van der Waals surface area contributed by atoms with Crippen LogP contribution in [0.2, 0.25) is 0 Å². The quantitative estimate of drug-likeness (QED) is 0.790. The highest BCUT2D eigenvalue weighted by Crippen LogP contribution is 2.23. The van der Waals surface area contributed by atoms with Crippen molar-refractivity contribution in [3.8, 4) is 0 Å². The summed E-state index contributed by atoms with van der Waals surface area (Å²) in [4.78, 5) is 0. The lowest BCUT2D eigenvalue weighted by atomic mass is 10.1. The fourth-order valence-corrected chi connectivity index (χ4v) is 2.63. The van der Waals surface area contributed by atoms with Crippen LogP contribution >= 0.6 is 0 Å². The lowest BCUT2D eigenvalue weighted by Crippen LogP contribution is -2.31. The predicted octanol–water partition coefficient (Wildman–Crippen LogP) is 2.37. The Labute approximate surface area is 104 Å². The lowest BCUT2D eigenvalue weighted by molar-refractivity contribution is 0.170. The van der Waals surface area contributed by atoms with Crippen LogP contribution in [0, 0.1) is 5.92 Å². The summed E-state index contributed by atoms with van der Waals surface area (Å²) in [6.07, 6.45) is 5.98. The van der Waals surface area contributed by atoms with E-state index in [0.29, 0.717) is 6.54 Å². The molecule has 0 aliphatic heterocycles. The molecule has 1 fully saturated rings. The Morgan fingerprint density at radius 1 is 1.18 bits per heavy atom. The minimum atomic E-state index is -0.265. The smallest absolute Gasteiger partial charge is 0.0704 e. The van der Waals surface area contributed by atoms with Gasteiger partial charge in [-0.25, -0.2) is 0 Å². The van der Waals surface area contributed by atoms with E-state index in [1.807, 2.05) is 18.2 Å². The van der Waals surface area contributed by atoms with E-state index >= 15 is 0 Å².